The molecular weight excluding hydrogens is 900 g/mol. The van der Waals surface area contributed by atoms with E-state index < -0.39 is 181 Å². The zero-order valence-electron chi connectivity index (χ0n) is 39.8. The van der Waals surface area contributed by atoms with Crippen LogP contribution in [-0.2, 0) is 33.2 Å². The van der Waals surface area contributed by atoms with Gasteiger partial charge in [0.2, 0.25) is 0 Å². The third-order valence-corrected chi connectivity index (χ3v) is 19.5. The number of rotatable bonds is 10. The van der Waals surface area contributed by atoms with Crippen LogP contribution in [0, 0.1) is 50.2 Å². The fourth-order valence-electron chi connectivity index (χ4n) is 15.2. The van der Waals surface area contributed by atoms with Crippen LogP contribution in [-0.4, -0.2) is 214 Å². The van der Waals surface area contributed by atoms with Crippen LogP contribution in [0.2, 0.25) is 0 Å². The molecule has 26 atom stereocenters. The summed E-state index contributed by atoms with van der Waals surface area (Å²) in [6, 6.07) is 0. The fraction of sp³-hybridized carbons (Fsp3) is 0.936. The highest BCUT2D eigenvalue weighted by molar-refractivity contribution is 5.73. The molecule has 7 fully saturated rings. The molecule has 14 N–H and O–H groups in total. The molecule has 68 heavy (non-hydrogen) atoms. The molecule has 8 aliphatic rings. The zero-order chi connectivity index (χ0) is 50.2. The number of fused-ring (bicyclic) bond motifs is 7. The van der Waals surface area contributed by atoms with Gasteiger partial charge in [0, 0.05) is 5.41 Å². The number of carboxylic acids is 1. The Morgan fingerprint density at radius 3 is 1.76 bits per heavy atom. The molecule has 4 saturated carbocycles. The molecular formula is C47H76O21. The van der Waals surface area contributed by atoms with E-state index in [0.717, 1.165) is 5.57 Å². The first-order valence-electron chi connectivity index (χ1n) is 24.1. The van der Waals surface area contributed by atoms with Crippen molar-refractivity contribution in [3.05, 3.63) is 11.6 Å². The standard InChI is InChI=1S/C47H76O21/c1-42(2)14-19-18-8-9-23-44(5)12-11-24(43(3,4)22(44)10-13-45(23,6)46(18,7)35(58)37(60)47(19,17-50)36(59)34(42)57)65-41-33(68-40-29(55)27(53)25(51)20(15-48)63-40)31(30(56)32(67-41)38(61)62)66-39-28(54)26(52)21(16-49)64-39/h8,19-37,39-41,48-60H,9-17H2,1-7H3,(H,61,62). The summed E-state index contributed by atoms with van der Waals surface area (Å²) in [4.78, 5) is 12.8. The molecule has 390 valence electrons. The normalized spacial score (nSPS) is 55.3. The maximum Gasteiger partial charge on any atom is 0.335 e. The maximum atomic E-state index is 12.8. The average molecular weight is 977 g/mol. The zero-order valence-corrected chi connectivity index (χ0v) is 39.8. The molecule has 3 aliphatic heterocycles. The Hall–Kier alpha value is -1.55. The first-order valence-corrected chi connectivity index (χ1v) is 24.1. The van der Waals surface area contributed by atoms with Gasteiger partial charge < -0.3 is 99.9 Å². The minimum absolute atomic E-state index is 0.0771. The molecule has 5 aliphatic carbocycles. The average Bonchev–Trinajstić information content (AvgIpc) is 3.55. The molecule has 0 amide bonds. The van der Waals surface area contributed by atoms with Crippen molar-refractivity contribution >= 4 is 5.97 Å². The molecule has 21 nitrogen and oxygen atoms in total. The van der Waals surface area contributed by atoms with Crippen LogP contribution in [0.1, 0.15) is 87.0 Å². The molecule has 0 aromatic carbocycles. The Kier molecular flexibility index (Phi) is 14.1. The van der Waals surface area contributed by atoms with Gasteiger partial charge in [-0.25, -0.2) is 4.79 Å². The molecule has 0 aromatic rings. The minimum atomic E-state index is -2.10. The van der Waals surface area contributed by atoms with E-state index in [-0.39, 0.29) is 11.8 Å². The van der Waals surface area contributed by atoms with Crippen LogP contribution in [0.3, 0.4) is 0 Å². The number of hydrogen-bond donors (Lipinski definition) is 14. The number of carbonyl (C=O) groups is 1. The molecule has 3 heterocycles. The lowest BCUT2D eigenvalue weighted by atomic mass is 9.32. The third-order valence-electron chi connectivity index (χ3n) is 19.5. The van der Waals surface area contributed by atoms with E-state index in [0.29, 0.717) is 38.5 Å². The van der Waals surface area contributed by atoms with Crippen molar-refractivity contribution in [2.24, 2.45) is 50.2 Å². The Labute approximate surface area is 395 Å². The van der Waals surface area contributed by atoms with E-state index in [9.17, 15) is 76.3 Å². The summed E-state index contributed by atoms with van der Waals surface area (Å²) in [5, 5.41) is 154. The summed E-state index contributed by atoms with van der Waals surface area (Å²) < 4.78 is 36.2. The first-order chi connectivity index (χ1) is 31.6. The second-order valence-electron chi connectivity index (χ2n) is 23.3. The lowest BCUT2D eigenvalue weighted by Crippen LogP contribution is -2.76. The van der Waals surface area contributed by atoms with Gasteiger partial charge in [-0.1, -0.05) is 60.1 Å². The van der Waals surface area contributed by atoms with Crippen LogP contribution in [0.15, 0.2) is 11.6 Å². The number of carboxylic acid groups (broad SMARTS) is 1. The van der Waals surface area contributed by atoms with Crippen molar-refractivity contribution in [2.45, 2.75) is 204 Å². The van der Waals surface area contributed by atoms with Gasteiger partial charge in [0.15, 0.2) is 25.0 Å². The number of aliphatic hydroxyl groups is 13. The second-order valence-corrected chi connectivity index (χ2v) is 23.3. The Morgan fingerprint density at radius 2 is 1.19 bits per heavy atom. The SMILES string of the molecule is CC1(C)CC2C3=CCC4C5(C)CCC(OC6OC(C(=O)O)C(O)C(OC7OC(CO)C(O)C7O)C6OC6OC(CO)C(O)C(O)C6O)C(C)(C)C5CCC4(C)C3(C)C(O)C(O)C2(CO)C(O)C1O. The summed E-state index contributed by atoms with van der Waals surface area (Å²) in [5.74, 6) is -2.36. The number of aliphatic hydroxyl groups excluding tert-OH is 13. The third kappa shape index (κ3) is 7.46. The van der Waals surface area contributed by atoms with E-state index in [4.69, 9.17) is 28.4 Å². The van der Waals surface area contributed by atoms with Gasteiger partial charge in [-0.15, -0.1) is 0 Å². The van der Waals surface area contributed by atoms with Crippen LogP contribution in [0.4, 0.5) is 0 Å². The molecule has 21 heteroatoms. The second kappa shape index (κ2) is 18.1. The molecule has 3 saturated heterocycles. The summed E-state index contributed by atoms with van der Waals surface area (Å²) in [6.45, 7) is 11.9. The summed E-state index contributed by atoms with van der Waals surface area (Å²) >= 11 is 0. The Morgan fingerprint density at radius 1 is 0.632 bits per heavy atom. The molecule has 8 rings (SSSR count). The van der Waals surface area contributed by atoms with E-state index in [2.05, 4.69) is 19.9 Å². The van der Waals surface area contributed by atoms with Gasteiger partial charge >= 0.3 is 5.97 Å². The topological polar surface area (TPSA) is 356 Å². The minimum Gasteiger partial charge on any atom is -0.479 e. The highest BCUT2D eigenvalue weighted by Gasteiger charge is 2.75. The van der Waals surface area contributed by atoms with E-state index in [1.54, 1.807) is 0 Å². The van der Waals surface area contributed by atoms with Crippen molar-refractivity contribution < 1.29 is 105 Å². The van der Waals surface area contributed by atoms with Crippen LogP contribution < -0.4 is 0 Å². The lowest BCUT2D eigenvalue weighted by Gasteiger charge is -2.73. The van der Waals surface area contributed by atoms with E-state index >= 15 is 0 Å². The van der Waals surface area contributed by atoms with Crippen molar-refractivity contribution in [3.63, 3.8) is 0 Å². The smallest absolute Gasteiger partial charge is 0.335 e. The Bertz CT molecular complexity index is 1880. The van der Waals surface area contributed by atoms with Crippen LogP contribution >= 0.6 is 0 Å². The van der Waals surface area contributed by atoms with Gasteiger partial charge in [-0.3, -0.25) is 0 Å². The fourth-order valence-corrected chi connectivity index (χ4v) is 15.2. The van der Waals surface area contributed by atoms with Gasteiger partial charge in [-0.05, 0) is 77.9 Å². The van der Waals surface area contributed by atoms with Gasteiger partial charge in [0.05, 0.1) is 55.8 Å². The van der Waals surface area contributed by atoms with Crippen LogP contribution in [0.5, 0.6) is 0 Å². The van der Waals surface area contributed by atoms with Crippen molar-refractivity contribution in [3.8, 4) is 0 Å². The highest BCUT2D eigenvalue weighted by atomic mass is 16.8. The lowest BCUT2D eigenvalue weighted by molar-refractivity contribution is -0.386. The number of hydrogen-bond acceptors (Lipinski definition) is 20. The summed E-state index contributed by atoms with van der Waals surface area (Å²) in [5.41, 5.74) is -4.33. The van der Waals surface area contributed by atoms with Gasteiger partial charge in [0.25, 0.3) is 0 Å². The monoisotopic (exact) mass is 976 g/mol. The largest absolute Gasteiger partial charge is 0.479 e. The molecule has 0 spiro atoms. The van der Waals surface area contributed by atoms with Crippen LogP contribution in [0.25, 0.3) is 0 Å². The molecule has 0 bridgehead atoms. The molecule has 0 radical (unpaired) electrons. The number of allylic oxidation sites excluding steroid dienone is 1. The Balaban J connectivity index is 1.12. The summed E-state index contributed by atoms with van der Waals surface area (Å²) in [6.07, 6.45) is -26.4. The number of aliphatic carboxylic acids is 1. The number of ether oxygens (including phenoxy) is 6. The molecule has 26 unspecified atom stereocenters. The summed E-state index contributed by atoms with van der Waals surface area (Å²) in [7, 11) is 0. The molecule has 0 aromatic heterocycles. The van der Waals surface area contributed by atoms with Crippen molar-refractivity contribution in [2.75, 3.05) is 19.8 Å². The van der Waals surface area contributed by atoms with Crippen molar-refractivity contribution in [1.82, 2.24) is 0 Å². The van der Waals surface area contributed by atoms with E-state index in [1.807, 2.05) is 34.6 Å². The predicted octanol–water partition coefficient (Wildman–Crippen LogP) is -2.77. The highest BCUT2D eigenvalue weighted by Crippen LogP contribution is 2.76. The van der Waals surface area contributed by atoms with Crippen molar-refractivity contribution in [1.29, 1.82) is 0 Å². The van der Waals surface area contributed by atoms with Gasteiger partial charge in [0.1, 0.15) is 61.0 Å². The predicted molar refractivity (Wildman–Crippen MR) is 230 cm³/mol. The maximum absolute atomic E-state index is 12.8. The quantitative estimate of drug-likeness (QED) is 0.0778. The van der Waals surface area contributed by atoms with Gasteiger partial charge in [-0.2, -0.15) is 0 Å². The first kappa shape index (κ1) is 52.8. The van der Waals surface area contributed by atoms with E-state index in [1.165, 1.54) is 0 Å².